The average molecular weight is 460 g/mol. The minimum atomic E-state index is -3.56. The van der Waals surface area contributed by atoms with Crippen LogP contribution in [0.4, 0.5) is 5.69 Å². The Kier molecular flexibility index (Phi) is 5.81. The Balaban J connectivity index is 1.78. The molecule has 0 atom stereocenters. The fourth-order valence-corrected chi connectivity index (χ4v) is 5.07. The van der Waals surface area contributed by atoms with Gasteiger partial charge in [0.15, 0.2) is 0 Å². The van der Waals surface area contributed by atoms with Crippen molar-refractivity contribution >= 4 is 43.2 Å². The number of halogens is 2. The Morgan fingerprint density at radius 2 is 1.81 bits per heavy atom. The molecule has 5 nitrogen and oxygen atoms in total. The third-order valence-electron chi connectivity index (χ3n) is 4.58. The number of ether oxygens (including phenoxy) is 1. The standard InChI is InChI=1S/C18H20BrClN2O3S/c1-13-16(20)4-3-5-17(13)21-8-10-22(11-9-21)26(23,24)14-6-7-15(19)18(12-14)25-2/h3-7,12H,8-11H2,1-2H3. The van der Waals surface area contributed by atoms with E-state index in [2.05, 4.69) is 20.8 Å². The van der Waals surface area contributed by atoms with Crippen molar-refractivity contribution in [3.63, 3.8) is 0 Å². The van der Waals surface area contributed by atoms with Gasteiger partial charge in [0, 0.05) is 43.0 Å². The number of methoxy groups -OCH3 is 1. The van der Waals surface area contributed by atoms with Crippen LogP contribution < -0.4 is 9.64 Å². The highest BCUT2D eigenvalue weighted by Gasteiger charge is 2.29. The van der Waals surface area contributed by atoms with Crippen molar-refractivity contribution in [3.05, 3.63) is 51.5 Å². The summed E-state index contributed by atoms with van der Waals surface area (Å²) in [4.78, 5) is 2.42. The zero-order valence-electron chi connectivity index (χ0n) is 14.6. The molecule has 2 aromatic rings. The van der Waals surface area contributed by atoms with Crippen molar-refractivity contribution in [2.45, 2.75) is 11.8 Å². The van der Waals surface area contributed by atoms with Crippen LogP contribution in [0.25, 0.3) is 0 Å². The molecule has 1 heterocycles. The van der Waals surface area contributed by atoms with E-state index in [0.717, 1.165) is 20.7 Å². The van der Waals surface area contributed by atoms with Crippen molar-refractivity contribution in [3.8, 4) is 5.75 Å². The summed E-state index contributed by atoms with van der Waals surface area (Å²) in [5.74, 6) is 0.499. The molecular formula is C18H20BrClN2O3S. The van der Waals surface area contributed by atoms with E-state index in [1.54, 1.807) is 18.2 Å². The first-order chi connectivity index (χ1) is 12.3. The van der Waals surface area contributed by atoms with Gasteiger partial charge in [-0.1, -0.05) is 17.7 Å². The lowest BCUT2D eigenvalue weighted by Crippen LogP contribution is -2.48. The van der Waals surface area contributed by atoms with Gasteiger partial charge in [0.1, 0.15) is 5.75 Å². The van der Waals surface area contributed by atoms with Crippen LogP contribution in [0.3, 0.4) is 0 Å². The molecule has 1 aliphatic rings. The van der Waals surface area contributed by atoms with E-state index in [4.69, 9.17) is 16.3 Å². The maximum absolute atomic E-state index is 12.9. The molecule has 0 amide bonds. The highest BCUT2D eigenvalue weighted by Crippen LogP contribution is 2.31. The monoisotopic (exact) mass is 458 g/mol. The molecule has 0 radical (unpaired) electrons. The molecule has 2 aromatic carbocycles. The number of piperazine rings is 1. The Morgan fingerprint density at radius 3 is 2.46 bits per heavy atom. The highest BCUT2D eigenvalue weighted by atomic mass is 79.9. The minimum absolute atomic E-state index is 0.241. The molecule has 0 spiro atoms. The lowest BCUT2D eigenvalue weighted by atomic mass is 10.1. The molecule has 0 unspecified atom stereocenters. The van der Waals surface area contributed by atoms with Crippen LogP contribution in [0.1, 0.15) is 5.56 Å². The maximum atomic E-state index is 12.9. The smallest absolute Gasteiger partial charge is 0.243 e. The van der Waals surface area contributed by atoms with E-state index in [1.807, 2.05) is 25.1 Å². The van der Waals surface area contributed by atoms with Crippen LogP contribution in [0.5, 0.6) is 5.75 Å². The maximum Gasteiger partial charge on any atom is 0.243 e. The summed E-state index contributed by atoms with van der Waals surface area (Å²) in [6.45, 7) is 4.07. The van der Waals surface area contributed by atoms with Crippen LogP contribution in [0.2, 0.25) is 5.02 Å². The zero-order valence-corrected chi connectivity index (χ0v) is 17.7. The fraction of sp³-hybridized carbons (Fsp3) is 0.333. The van der Waals surface area contributed by atoms with Gasteiger partial charge in [0.25, 0.3) is 0 Å². The number of rotatable bonds is 4. The predicted molar refractivity (Wildman–Crippen MR) is 108 cm³/mol. The van der Waals surface area contributed by atoms with Gasteiger partial charge in [-0.2, -0.15) is 4.31 Å². The number of nitrogens with zero attached hydrogens (tertiary/aromatic N) is 2. The van der Waals surface area contributed by atoms with Crippen molar-refractivity contribution in [2.75, 3.05) is 38.2 Å². The van der Waals surface area contributed by atoms with E-state index < -0.39 is 10.0 Å². The first kappa shape index (κ1) is 19.5. The SMILES string of the molecule is COc1cc(S(=O)(=O)N2CCN(c3cccc(Cl)c3C)CC2)ccc1Br. The Hall–Kier alpha value is -1.28. The average Bonchev–Trinajstić information content (AvgIpc) is 2.64. The van der Waals surface area contributed by atoms with Crippen LogP contribution in [-0.2, 0) is 10.0 Å². The van der Waals surface area contributed by atoms with Crippen molar-refractivity contribution in [1.29, 1.82) is 0 Å². The number of hydrogen-bond donors (Lipinski definition) is 0. The van der Waals surface area contributed by atoms with Gasteiger partial charge in [-0.05, 0) is 52.7 Å². The van der Waals surface area contributed by atoms with E-state index in [9.17, 15) is 8.42 Å². The van der Waals surface area contributed by atoms with E-state index >= 15 is 0 Å². The van der Waals surface area contributed by atoms with Gasteiger partial charge in [0.2, 0.25) is 10.0 Å². The molecule has 140 valence electrons. The molecule has 8 heteroatoms. The lowest BCUT2D eigenvalue weighted by Gasteiger charge is -2.36. The number of benzene rings is 2. The van der Waals surface area contributed by atoms with Crippen molar-refractivity contribution in [1.82, 2.24) is 4.31 Å². The fourth-order valence-electron chi connectivity index (χ4n) is 3.06. The second-order valence-corrected chi connectivity index (χ2v) is 9.27. The quantitative estimate of drug-likeness (QED) is 0.695. The summed E-state index contributed by atoms with van der Waals surface area (Å²) < 4.78 is 33.4. The van der Waals surface area contributed by atoms with E-state index in [0.29, 0.717) is 31.9 Å². The van der Waals surface area contributed by atoms with Gasteiger partial charge in [-0.3, -0.25) is 0 Å². The lowest BCUT2D eigenvalue weighted by molar-refractivity contribution is 0.383. The van der Waals surface area contributed by atoms with Crippen molar-refractivity contribution in [2.24, 2.45) is 0 Å². The molecule has 0 aliphatic carbocycles. The predicted octanol–water partition coefficient (Wildman–Crippen LogP) is 3.93. The van der Waals surface area contributed by atoms with Gasteiger partial charge in [0.05, 0.1) is 16.5 Å². The number of anilines is 1. The van der Waals surface area contributed by atoms with Crippen LogP contribution in [0.15, 0.2) is 45.8 Å². The normalized spacial score (nSPS) is 15.9. The van der Waals surface area contributed by atoms with Gasteiger partial charge >= 0.3 is 0 Å². The number of sulfonamides is 1. The second kappa shape index (κ2) is 7.76. The molecule has 1 saturated heterocycles. The zero-order chi connectivity index (χ0) is 18.9. The summed E-state index contributed by atoms with van der Waals surface area (Å²) in [6, 6.07) is 10.6. The Bertz CT molecular complexity index is 913. The first-order valence-electron chi connectivity index (χ1n) is 8.18. The van der Waals surface area contributed by atoms with Crippen LogP contribution in [0, 0.1) is 6.92 Å². The Labute approximate surface area is 167 Å². The van der Waals surface area contributed by atoms with Gasteiger partial charge in [-0.15, -0.1) is 0 Å². The molecule has 0 saturated carbocycles. The summed E-state index contributed by atoms with van der Waals surface area (Å²) in [7, 11) is -2.04. The molecule has 0 bridgehead atoms. The molecule has 3 rings (SSSR count). The molecule has 26 heavy (non-hydrogen) atoms. The Morgan fingerprint density at radius 1 is 1.12 bits per heavy atom. The molecule has 1 aliphatic heterocycles. The topological polar surface area (TPSA) is 49.9 Å². The highest BCUT2D eigenvalue weighted by molar-refractivity contribution is 9.10. The molecule has 0 N–H and O–H groups in total. The minimum Gasteiger partial charge on any atom is -0.496 e. The third-order valence-corrected chi connectivity index (χ3v) is 7.54. The largest absolute Gasteiger partial charge is 0.496 e. The molecule has 1 fully saturated rings. The van der Waals surface area contributed by atoms with Crippen molar-refractivity contribution < 1.29 is 13.2 Å². The summed E-state index contributed by atoms with van der Waals surface area (Å²) in [5, 5.41) is 0.722. The first-order valence-corrected chi connectivity index (χ1v) is 10.8. The summed E-state index contributed by atoms with van der Waals surface area (Å²) in [6.07, 6.45) is 0. The van der Waals surface area contributed by atoms with Gasteiger partial charge in [-0.25, -0.2) is 8.42 Å². The third kappa shape index (κ3) is 3.71. The van der Waals surface area contributed by atoms with E-state index in [-0.39, 0.29) is 4.90 Å². The summed E-state index contributed by atoms with van der Waals surface area (Å²) in [5.41, 5.74) is 2.07. The van der Waals surface area contributed by atoms with E-state index in [1.165, 1.54) is 11.4 Å². The van der Waals surface area contributed by atoms with Crippen LogP contribution >= 0.6 is 27.5 Å². The number of hydrogen-bond acceptors (Lipinski definition) is 4. The molecule has 0 aromatic heterocycles. The second-order valence-electron chi connectivity index (χ2n) is 6.07. The van der Waals surface area contributed by atoms with Crippen LogP contribution in [-0.4, -0.2) is 46.0 Å². The summed E-state index contributed by atoms with van der Waals surface area (Å²) >= 11 is 9.56. The van der Waals surface area contributed by atoms with Gasteiger partial charge < -0.3 is 9.64 Å². The molecular weight excluding hydrogens is 440 g/mol.